The second kappa shape index (κ2) is 12.2. The van der Waals surface area contributed by atoms with Gasteiger partial charge in [0.2, 0.25) is 0 Å². The minimum atomic E-state index is -0.455. The Hall–Kier alpha value is -2.67. The van der Waals surface area contributed by atoms with Gasteiger partial charge in [0.1, 0.15) is 0 Å². The Morgan fingerprint density at radius 1 is 0.706 bits per heavy atom. The van der Waals surface area contributed by atoms with Gasteiger partial charge in [-0.15, -0.1) is 46.2 Å². The molecule has 0 atom stereocenters. The normalized spacial score (nSPS) is 11.6. The van der Waals surface area contributed by atoms with Crippen LogP contribution in [0.1, 0.15) is 17.5 Å². The summed E-state index contributed by atoms with van der Waals surface area (Å²) in [6.07, 6.45) is 10.0. The molecule has 5 aromatic carbocycles. The van der Waals surface area contributed by atoms with E-state index in [1.54, 1.807) is 23.3 Å². The van der Waals surface area contributed by atoms with Crippen molar-refractivity contribution in [3.05, 3.63) is 139 Å². The average molecular weight is 532 g/mol. The molecule has 0 saturated heterocycles. The van der Waals surface area contributed by atoms with Crippen molar-refractivity contribution in [2.45, 2.75) is 20.3 Å². The van der Waals surface area contributed by atoms with E-state index in [2.05, 4.69) is 129 Å². The van der Waals surface area contributed by atoms with Gasteiger partial charge in [0.25, 0.3) is 0 Å². The summed E-state index contributed by atoms with van der Waals surface area (Å²) in [5.41, 5.74) is 2.20. The van der Waals surface area contributed by atoms with E-state index in [1.165, 1.54) is 43.0 Å². The second-order valence-corrected chi connectivity index (χ2v) is 14.0. The fourth-order valence-electron chi connectivity index (χ4n) is 3.98. The molecule has 6 rings (SSSR count). The van der Waals surface area contributed by atoms with Crippen molar-refractivity contribution in [2.24, 2.45) is 0 Å². The first-order chi connectivity index (χ1) is 16.6. The van der Waals surface area contributed by atoms with E-state index in [0.29, 0.717) is 0 Å². The van der Waals surface area contributed by atoms with Gasteiger partial charge in [-0.2, -0.15) is 6.08 Å². The topological polar surface area (TPSA) is 0 Å². The second-order valence-electron chi connectivity index (χ2n) is 8.44. The van der Waals surface area contributed by atoms with Crippen LogP contribution in [0.3, 0.4) is 0 Å². The van der Waals surface area contributed by atoms with E-state index < -0.39 is 5.43 Å². The van der Waals surface area contributed by atoms with E-state index in [1.807, 2.05) is 12.2 Å². The molecule has 34 heavy (non-hydrogen) atoms. The molecule has 1 aliphatic rings. The summed E-state index contributed by atoms with van der Waals surface area (Å²) >= 11 is 1.64. The van der Waals surface area contributed by atoms with Crippen molar-refractivity contribution in [3.8, 4) is 0 Å². The van der Waals surface area contributed by atoms with Crippen LogP contribution >= 0.6 is 0 Å². The number of allylic oxidation sites excluding steroid dienone is 4. The van der Waals surface area contributed by atoms with E-state index >= 15 is 0 Å². The summed E-state index contributed by atoms with van der Waals surface area (Å²) in [6.45, 7) is 4.28. The molecule has 5 aromatic rings. The predicted octanol–water partition coefficient (Wildman–Crippen LogP) is 6.97. The van der Waals surface area contributed by atoms with Gasteiger partial charge in [0.15, 0.2) is 0 Å². The fraction of sp³-hybridized carbons (Fsp3) is 0.0938. The third-order valence-corrected chi connectivity index (χ3v) is 11.8. The van der Waals surface area contributed by atoms with E-state index in [-0.39, 0.29) is 0 Å². The first-order valence-corrected chi connectivity index (χ1v) is 16.8. The number of rotatable bonds is 2. The first kappa shape index (κ1) is 24.5. The van der Waals surface area contributed by atoms with E-state index in [9.17, 15) is 0 Å². The van der Waals surface area contributed by atoms with Crippen LogP contribution in [0.25, 0.3) is 21.5 Å². The fourth-order valence-corrected chi connectivity index (χ4v) is 7.82. The van der Waals surface area contributed by atoms with Crippen LogP contribution in [0.2, 0.25) is 0 Å². The summed E-state index contributed by atoms with van der Waals surface area (Å²) in [4.78, 5) is 0. The molecule has 0 aromatic heterocycles. The van der Waals surface area contributed by atoms with Crippen LogP contribution in [-0.2, 0) is 23.3 Å². The molecule has 0 spiro atoms. The number of benzene rings is 4. The predicted molar refractivity (Wildman–Crippen MR) is 146 cm³/mol. The molecule has 0 aliphatic heterocycles. The number of hydrogen-bond acceptors (Lipinski definition) is 0. The van der Waals surface area contributed by atoms with Crippen molar-refractivity contribution in [1.82, 2.24) is 0 Å². The quantitative estimate of drug-likeness (QED) is 0.170. The van der Waals surface area contributed by atoms with Gasteiger partial charge in [-0.1, -0.05) is 35.4 Å². The Morgan fingerprint density at radius 2 is 1.21 bits per heavy atom. The van der Waals surface area contributed by atoms with E-state index in [0.717, 1.165) is 6.42 Å². The average Bonchev–Trinajstić information content (AvgIpc) is 3.56. The Labute approximate surface area is 218 Å². The van der Waals surface area contributed by atoms with Gasteiger partial charge in [0.05, 0.1) is 0 Å². The summed E-state index contributed by atoms with van der Waals surface area (Å²) in [6, 6.07) is 37.3. The van der Waals surface area contributed by atoms with Crippen LogP contribution in [0.15, 0.2) is 121 Å². The van der Waals surface area contributed by atoms with E-state index in [4.69, 9.17) is 0 Å². The molecule has 0 unspecified atom stereocenters. The summed E-state index contributed by atoms with van der Waals surface area (Å²) in [7, 11) is 0. The van der Waals surface area contributed by atoms with Crippen LogP contribution in [0.5, 0.6) is 0 Å². The number of fused-ring (bicyclic) bond motifs is 3. The van der Waals surface area contributed by atoms with Crippen molar-refractivity contribution in [1.29, 1.82) is 0 Å². The maximum atomic E-state index is 2.99. The van der Waals surface area contributed by atoms with Gasteiger partial charge in [-0.3, -0.25) is 6.08 Å². The zero-order valence-electron chi connectivity index (χ0n) is 19.8. The van der Waals surface area contributed by atoms with Crippen LogP contribution in [0, 0.1) is 19.9 Å². The van der Waals surface area contributed by atoms with Gasteiger partial charge >= 0.3 is 99.8 Å². The van der Waals surface area contributed by atoms with Gasteiger partial charge < -0.3 is 0 Å². The molecular formula is C32H28SiZr. The van der Waals surface area contributed by atoms with Gasteiger partial charge in [-0.05, 0) is 13.8 Å². The molecule has 2 heteroatoms. The molecule has 0 heterocycles. The van der Waals surface area contributed by atoms with Crippen LogP contribution < -0.4 is 10.4 Å². The third kappa shape index (κ3) is 6.47. The molecule has 0 radical (unpaired) electrons. The van der Waals surface area contributed by atoms with Crippen molar-refractivity contribution < 1.29 is 23.3 Å². The Bertz CT molecular complexity index is 1330. The Kier molecular flexibility index (Phi) is 8.74. The molecule has 0 N–H and O–H groups in total. The molecule has 0 fully saturated rings. The monoisotopic (exact) mass is 530 g/mol. The molecular weight excluding hydrogens is 504 g/mol. The first-order valence-electron chi connectivity index (χ1n) is 11.6. The summed E-state index contributed by atoms with van der Waals surface area (Å²) < 4.78 is 0. The number of hydrogen-bond donors (Lipinski definition) is 0. The molecule has 164 valence electrons. The molecule has 1 aliphatic carbocycles. The maximum absolute atomic E-state index is 2.99. The summed E-state index contributed by atoms with van der Waals surface area (Å²) in [5, 5.41) is 8.49. The minimum absolute atomic E-state index is 0.455. The Balaban J connectivity index is 0.000000134. The van der Waals surface area contributed by atoms with Crippen molar-refractivity contribution in [2.75, 3.05) is 0 Å². The molecule has 0 saturated carbocycles. The van der Waals surface area contributed by atoms with Crippen molar-refractivity contribution >= 4 is 37.4 Å². The van der Waals surface area contributed by atoms with Gasteiger partial charge in [-0.25, -0.2) is 12.2 Å². The van der Waals surface area contributed by atoms with Crippen LogP contribution in [0.4, 0.5) is 0 Å². The van der Waals surface area contributed by atoms with Crippen LogP contribution in [-0.4, -0.2) is 5.43 Å². The molecule has 0 bridgehead atoms. The zero-order chi connectivity index (χ0) is 23.8. The Morgan fingerprint density at radius 3 is 1.59 bits per heavy atom. The third-order valence-electron chi connectivity index (χ3n) is 5.73. The standard InChI is InChI=1S/C15H13.C12H10Si.C5H5.Zr/c1-10-3-5-14-12(7-10)9-13-8-11(2)4-6-15(13)14;1-3-7-11(8-4-1)13-12-9-5-2-6-10-12;1-2-4-5-3-1;/h3-9H,1-2H3;1-10H;1-3H,4H2;/q-1;;-1;+2. The molecule has 0 amide bonds. The SMILES string of the molecule is Cc1ccc2c(c1)[cH-]c1cc(C)ccc12.[C-]1=CC=CC1.[Zr+2]=[Si](c1ccccc1)c1ccccc1. The summed E-state index contributed by atoms with van der Waals surface area (Å²) in [5.74, 6) is 0. The van der Waals surface area contributed by atoms with Crippen molar-refractivity contribution in [3.63, 3.8) is 0 Å². The van der Waals surface area contributed by atoms with Gasteiger partial charge in [0, 0.05) is 0 Å². The zero-order valence-corrected chi connectivity index (χ0v) is 23.2. The molecule has 0 nitrogen and oxygen atoms in total. The number of aryl methyl sites for hydroxylation is 2.